The third kappa shape index (κ3) is 2.12. The minimum absolute atomic E-state index is 0.562. The Morgan fingerprint density at radius 3 is 2.83 bits per heavy atom. The van der Waals surface area contributed by atoms with E-state index in [9.17, 15) is 0 Å². The highest BCUT2D eigenvalue weighted by atomic mass is 35.5. The highest BCUT2D eigenvalue weighted by Crippen LogP contribution is 2.41. The number of hydrogen-bond donors (Lipinski definition) is 1. The highest BCUT2D eigenvalue weighted by Gasteiger charge is 2.36. The fourth-order valence-corrected chi connectivity index (χ4v) is 3.93. The predicted molar refractivity (Wildman–Crippen MR) is 77.1 cm³/mol. The summed E-state index contributed by atoms with van der Waals surface area (Å²) < 4.78 is 0. The molecule has 2 aliphatic rings. The molecule has 1 aliphatic heterocycles. The molecule has 3 heteroatoms. The first kappa shape index (κ1) is 12.3. The van der Waals surface area contributed by atoms with Crippen LogP contribution in [0.4, 0.5) is 5.69 Å². The van der Waals surface area contributed by atoms with Gasteiger partial charge in [-0.1, -0.05) is 30.5 Å². The number of nitrogens with zero attached hydrogens (tertiary/aromatic N) is 1. The fourth-order valence-electron chi connectivity index (χ4n) is 3.62. The lowest BCUT2D eigenvalue weighted by atomic mass is 9.85. The molecule has 1 saturated carbocycles. The molecule has 0 aromatic heterocycles. The molecule has 2 nitrogen and oxygen atoms in total. The number of rotatable bonds is 2. The van der Waals surface area contributed by atoms with Crippen LogP contribution in [0.15, 0.2) is 18.2 Å². The summed E-state index contributed by atoms with van der Waals surface area (Å²) in [5, 5.41) is 0.865. The van der Waals surface area contributed by atoms with Crippen LogP contribution in [0.1, 0.15) is 37.7 Å². The Balaban J connectivity index is 1.86. The number of fused-ring (bicyclic) bond motifs is 1. The van der Waals surface area contributed by atoms with Crippen LogP contribution in [0.3, 0.4) is 0 Å². The molecule has 3 rings (SSSR count). The molecule has 1 heterocycles. The van der Waals surface area contributed by atoms with Crippen LogP contribution < -0.4 is 10.6 Å². The minimum Gasteiger partial charge on any atom is -0.367 e. The topological polar surface area (TPSA) is 29.3 Å². The van der Waals surface area contributed by atoms with E-state index in [1.165, 1.54) is 37.8 Å². The average molecular weight is 265 g/mol. The van der Waals surface area contributed by atoms with Gasteiger partial charge in [-0.25, -0.2) is 0 Å². The molecule has 0 radical (unpaired) electrons. The lowest BCUT2D eigenvalue weighted by Crippen LogP contribution is -2.34. The van der Waals surface area contributed by atoms with Gasteiger partial charge in [0, 0.05) is 19.1 Å². The number of benzene rings is 1. The van der Waals surface area contributed by atoms with Crippen molar-refractivity contribution in [3.63, 3.8) is 0 Å². The fraction of sp³-hybridized carbons (Fsp3) is 0.600. The first-order valence-corrected chi connectivity index (χ1v) is 7.42. The molecule has 2 fully saturated rings. The molecule has 1 saturated heterocycles. The molecule has 2 N–H and O–H groups in total. The largest absolute Gasteiger partial charge is 0.367 e. The molecule has 1 aliphatic carbocycles. The molecule has 0 bridgehead atoms. The number of halogens is 1. The summed E-state index contributed by atoms with van der Waals surface area (Å²) in [6.45, 7) is 1.73. The van der Waals surface area contributed by atoms with Gasteiger partial charge in [-0.3, -0.25) is 0 Å². The third-order valence-electron chi connectivity index (χ3n) is 4.57. The van der Waals surface area contributed by atoms with E-state index in [0.29, 0.717) is 6.54 Å². The second-order valence-electron chi connectivity index (χ2n) is 5.58. The number of hydrogen-bond acceptors (Lipinski definition) is 2. The molecule has 0 spiro atoms. The Kier molecular flexibility index (Phi) is 3.49. The number of nitrogens with two attached hydrogens (primary N) is 1. The summed E-state index contributed by atoms with van der Waals surface area (Å²) in [7, 11) is 0. The lowest BCUT2D eigenvalue weighted by molar-refractivity contribution is 0.342. The summed E-state index contributed by atoms with van der Waals surface area (Å²) in [6.07, 6.45) is 6.85. The van der Waals surface area contributed by atoms with Gasteiger partial charge >= 0.3 is 0 Å². The van der Waals surface area contributed by atoms with Crippen LogP contribution in [0.5, 0.6) is 0 Å². The van der Waals surface area contributed by atoms with E-state index in [2.05, 4.69) is 17.0 Å². The Labute approximate surface area is 114 Å². The first-order chi connectivity index (χ1) is 8.79. The van der Waals surface area contributed by atoms with E-state index < -0.39 is 0 Å². The molecule has 0 amide bonds. The first-order valence-electron chi connectivity index (χ1n) is 7.04. The third-order valence-corrected chi connectivity index (χ3v) is 4.87. The van der Waals surface area contributed by atoms with E-state index in [1.54, 1.807) is 0 Å². The van der Waals surface area contributed by atoms with Crippen molar-refractivity contribution < 1.29 is 0 Å². The van der Waals surface area contributed by atoms with Crippen molar-refractivity contribution >= 4 is 17.3 Å². The summed E-state index contributed by atoms with van der Waals surface area (Å²) in [6, 6.07) is 7.01. The van der Waals surface area contributed by atoms with E-state index >= 15 is 0 Å². The molecule has 1 aromatic carbocycles. The zero-order chi connectivity index (χ0) is 12.5. The Hall–Kier alpha value is -0.730. The van der Waals surface area contributed by atoms with Crippen molar-refractivity contribution in [2.45, 2.75) is 44.7 Å². The van der Waals surface area contributed by atoms with Gasteiger partial charge in [0.1, 0.15) is 0 Å². The molecule has 2 unspecified atom stereocenters. The smallest absolute Gasteiger partial charge is 0.0642 e. The highest BCUT2D eigenvalue weighted by molar-refractivity contribution is 6.33. The maximum Gasteiger partial charge on any atom is 0.0642 e. The zero-order valence-electron chi connectivity index (χ0n) is 10.7. The summed E-state index contributed by atoms with van der Waals surface area (Å²) in [5.41, 5.74) is 7.98. The van der Waals surface area contributed by atoms with E-state index in [0.717, 1.165) is 29.1 Å². The van der Waals surface area contributed by atoms with Crippen molar-refractivity contribution in [1.82, 2.24) is 0 Å². The van der Waals surface area contributed by atoms with Gasteiger partial charge in [0.25, 0.3) is 0 Å². The summed E-state index contributed by atoms with van der Waals surface area (Å²) in [4.78, 5) is 2.53. The molecule has 18 heavy (non-hydrogen) atoms. The monoisotopic (exact) mass is 264 g/mol. The number of anilines is 1. The Morgan fingerprint density at radius 1 is 1.22 bits per heavy atom. The van der Waals surface area contributed by atoms with Crippen molar-refractivity contribution in [2.24, 2.45) is 11.7 Å². The molecular weight excluding hydrogens is 244 g/mol. The molecule has 1 aromatic rings. The summed E-state index contributed by atoms with van der Waals surface area (Å²) >= 11 is 6.42. The standard InChI is InChI=1S/C15H21ClN2/c16-13-9-11(10-17)5-6-15(13)18-8-7-12-3-1-2-4-14(12)18/h5-6,9,12,14H,1-4,7-8,10,17H2. The Morgan fingerprint density at radius 2 is 2.06 bits per heavy atom. The van der Waals surface area contributed by atoms with Gasteiger partial charge in [0.05, 0.1) is 10.7 Å². The Bertz CT molecular complexity index is 433. The quantitative estimate of drug-likeness (QED) is 0.885. The maximum atomic E-state index is 6.42. The van der Waals surface area contributed by atoms with Gasteiger partial charge in [0.15, 0.2) is 0 Å². The van der Waals surface area contributed by atoms with E-state index in [4.69, 9.17) is 17.3 Å². The van der Waals surface area contributed by atoms with Gasteiger partial charge < -0.3 is 10.6 Å². The van der Waals surface area contributed by atoms with Crippen LogP contribution in [0.2, 0.25) is 5.02 Å². The molecule has 98 valence electrons. The normalized spacial score (nSPS) is 27.3. The van der Waals surface area contributed by atoms with Gasteiger partial charge in [-0.15, -0.1) is 0 Å². The van der Waals surface area contributed by atoms with Crippen molar-refractivity contribution in [2.75, 3.05) is 11.4 Å². The second-order valence-corrected chi connectivity index (χ2v) is 5.99. The second kappa shape index (κ2) is 5.10. The predicted octanol–water partition coefficient (Wildman–Crippen LogP) is 3.57. The summed E-state index contributed by atoms with van der Waals surface area (Å²) in [5.74, 6) is 0.893. The van der Waals surface area contributed by atoms with Crippen molar-refractivity contribution in [3.05, 3.63) is 28.8 Å². The van der Waals surface area contributed by atoms with Gasteiger partial charge in [0.2, 0.25) is 0 Å². The molecular formula is C15H21ClN2. The van der Waals surface area contributed by atoms with Gasteiger partial charge in [-0.05, 0) is 42.9 Å². The maximum absolute atomic E-state index is 6.42. The van der Waals surface area contributed by atoms with Crippen LogP contribution >= 0.6 is 11.6 Å². The van der Waals surface area contributed by atoms with Crippen LogP contribution in [0.25, 0.3) is 0 Å². The van der Waals surface area contributed by atoms with E-state index in [-0.39, 0.29) is 0 Å². The van der Waals surface area contributed by atoms with Crippen molar-refractivity contribution in [3.8, 4) is 0 Å². The van der Waals surface area contributed by atoms with Gasteiger partial charge in [-0.2, -0.15) is 0 Å². The van der Waals surface area contributed by atoms with Crippen LogP contribution in [-0.4, -0.2) is 12.6 Å². The zero-order valence-corrected chi connectivity index (χ0v) is 11.5. The molecule has 2 atom stereocenters. The average Bonchev–Trinajstić information content (AvgIpc) is 2.82. The SMILES string of the molecule is NCc1ccc(N2CCC3CCCCC32)c(Cl)c1. The van der Waals surface area contributed by atoms with E-state index in [1.807, 2.05) is 6.07 Å². The minimum atomic E-state index is 0.562. The lowest BCUT2D eigenvalue weighted by Gasteiger charge is -2.33. The van der Waals surface area contributed by atoms with Crippen LogP contribution in [0, 0.1) is 5.92 Å². The van der Waals surface area contributed by atoms with Crippen molar-refractivity contribution in [1.29, 1.82) is 0 Å². The van der Waals surface area contributed by atoms with Crippen LogP contribution in [-0.2, 0) is 6.54 Å².